The van der Waals surface area contributed by atoms with Gasteiger partial charge < -0.3 is 45.0 Å². The maximum atomic E-state index is 12.5. The van der Waals surface area contributed by atoms with Gasteiger partial charge in [-0.25, -0.2) is 24.0 Å². The molecule has 0 radical (unpaired) electrons. The van der Waals surface area contributed by atoms with E-state index >= 15 is 0 Å². The predicted octanol–water partition coefficient (Wildman–Crippen LogP) is 0.0665. The molecule has 0 spiro atoms. The summed E-state index contributed by atoms with van der Waals surface area (Å²) in [7, 11) is 1.14. The number of carbonyl (C=O) groups excluding carboxylic acids is 7. The Labute approximate surface area is 238 Å². The minimum absolute atomic E-state index is 0.0210. The Balaban J connectivity index is 4.89. The monoisotopic (exact) mass is 590 g/mol. The second-order valence-corrected chi connectivity index (χ2v) is 8.22. The van der Waals surface area contributed by atoms with Crippen LogP contribution in [0.1, 0.15) is 59.8 Å². The fourth-order valence-electron chi connectivity index (χ4n) is 3.28. The minimum Gasteiger partial charge on any atom is -0.467 e. The molecule has 3 unspecified atom stereocenters. The summed E-state index contributed by atoms with van der Waals surface area (Å²) in [6.45, 7) is 6.75. The lowest BCUT2D eigenvalue weighted by molar-refractivity contribution is -0.152. The summed E-state index contributed by atoms with van der Waals surface area (Å²) < 4.78 is 24.1. The van der Waals surface area contributed by atoms with E-state index in [0.717, 1.165) is 7.11 Å². The van der Waals surface area contributed by atoms with Gasteiger partial charge in [0.05, 0.1) is 46.4 Å². The van der Waals surface area contributed by atoms with Gasteiger partial charge in [-0.3, -0.25) is 9.59 Å². The maximum absolute atomic E-state index is 12.5. The number of unbranched alkanes of at least 4 members (excludes halogenated alkanes) is 1. The molecule has 0 fully saturated rings. The third-order valence-electron chi connectivity index (χ3n) is 5.10. The molecule has 0 aromatic rings. The van der Waals surface area contributed by atoms with Gasteiger partial charge in [0.15, 0.2) is 0 Å². The Morgan fingerprint density at radius 1 is 0.561 bits per heavy atom. The van der Waals surface area contributed by atoms with Gasteiger partial charge in [-0.1, -0.05) is 0 Å². The number of urea groups is 2. The molecule has 0 aromatic carbocycles. The molecule has 16 heteroatoms. The molecule has 16 nitrogen and oxygen atoms in total. The fourth-order valence-corrected chi connectivity index (χ4v) is 3.28. The molecule has 4 amide bonds. The zero-order valence-corrected chi connectivity index (χ0v) is 24.2. The first-order valence-electron chi connectivity index (χ1n) is 13.4. The number of nitrogens with one attached hydrogen (secondary N) is 4. The van der Waals surface area contributed by atoms with Crippen LogP contribution >= 0.6 is 0 Å². The number of hydrogen-bond donors (Lipinski definition) is 4. The van der Waals surface area contributed by atoms with E-state index in [1.165, 1.54) is 0 Å². The van der Waals surface area contributed by atoms with E-state index < -0.39 is 72.9 Å². The van der Waals surface area contributed by atoms with Gasteiger partial charge in [-0.2, -0.15) is 0 Å². The predicted molar refractivity (Wildman–Crippen MR) is 141 cm³/mol. The third-order valence-corrected chi connectivity index (χ3v) is 5.10. The second kappa shape index (κ2) is 21.7. The molecule has 0 rings (SSSR count). The van der Waals surface area contributed by atoms with E-state index in [-0.39, 0.29) is 39.4 Å². The van der Waals surface area contributed by atoms with E-state index in [1.807, 2.05) is 0 Å². The standard InChI is InChI=1S/C25H42N4O12/c1-6-38-19(30)14-17(22(33)40-8-3)28-24(35)26-13-11-10-12-16(21(32)37-5)27-25(36)29-18(23(34)41-9-4)15-20(31)39-7-2/h16-18H,6-15H2,1-5H3,(H2,26,28,35)(H2,27,29,36). The lowest BCUT2D eigenvalue weighted by atomic mass is 10.1. The van der Waals surface area contributed by atoms with Crippen LogP contribution in [0.4, 0.5) is 9.59 Å². The SMILES string of the molecule is CCOC(=O)CC(NC(=O)NCCCCC(NC(=O)NC(CC(=O)OCC)C(=O)OCC)C(=O)OC)C(=O)OCC. The maximum Gasteiger partial charge on any atom is 0.329 e. The van der Waals surface area contributed by atoms with Gasteiger partial charge in [-0.05, 0) is 47.0 Å². The van der Waals surface area contributed by atoms with Crippen LogP contribution in [0.2, 0.25) is 0 Å². The zero-order chi connectivity index (χ0) is 31.2. The quantitative estimate of drug-likeness (QED) is 0.0893. The van der Waals surface area contributed by atoms with Gasteiger partial charge in [0.2, 0.25) is 0 Å². The van der Waals surface area contributed by atoms with Crippen LogP contribution in [0, 0.1) is 0 Å². The van der Waals surface area contributed by atoms with E-state index in [2.05, 4.69) is 21.3 Å². The van der Waals surface area contributed by atoms with Crippen LogP contribution in [0.3, 0.4) is 0 Å². The molecule has 0 saturated heterocycles. The summed E-state index contributed by atoms with van der Waals surface area (Å²) in [5.74, 6) is -3.78. The number of rotatable bonds is 19. The van der Waals surface area contributed by atoms with Crippen LogP contribution < -0.4 is 21.3 Å². The highest BCUT2D eigenvalue weighted by molar-refractivity contribution is 5.89. The molecule has 3 atom stereocenters. The number of amides is 4. The molecular weight excluding hydrogens is 548 g/mol. The zero-order valence-electron chi connectivity index (χ0n) is 24.2. The van der Waals surface area contributed by atoms with Crippen molar-refractivity contribution in [1.29, 1.82) is 0 Å². The first-order valence-corrected chi connectivity index (χ1v) is 13.4. The van der Waals surface area contributed by atoms with Gasteiger partial charge in [0.1, 0.15) is 18.1 Å². The van der Waals surface area contributed by atoms with E-state index in [4.69, 9.17) is 23.7 Å². The molecule has 0 aliphatic carbocycles. The van der Waals surface area contributed by atoms with Crippen molar-refractivity contribution in [2.45, 2.75) is 77.9 Å². The summed E-state index contributed by atoms with van der Waals surface area (Å²) >= 11 is 0. The summed E-state index contributed by atoms with van der Waals surface area (Å²) in [5.41, 5.74) is 0. The van der Waals surface area contributed by atoms with Crippen molar-refractivity contribution >= 4 is 41.9 Å². The van der Waals surface area contributed by atoms with Gasteiger partial charge >= 0.3 is 41.9 Å². The molecule has 234 valence electrons. The van der Waals surface area contributed by atoms with Crippen molar-refractivity contribution < 1.29 is 57.2 Å². The minimum atomic E-state index is -1.34. The molecular formula is C25H42N4O12. The first kappa shape index (κ1) is 36.9. The fraction of sp³-hybridized carbons (Fsp3) is 0.720. The van der Waals surface area contributed by atoms with Crippen LogP contribution in [-0.2, 0) is 47.7 Å². The second-order valence-electron chi connectivity index (χ2n) is 8.22. The Kier molecular flexibility index (Phi) is 19.5. The van der Waals surface area contributed by atoms with Crippen molar-refractivity contribution in [3.8, 4) is 0 Å². The lowest BCUT2D eigenvalue weighted by Crippen LogP contribution is -2.52. The average Bonchev–Trinajstić information content (AvgIpc) is 2.91. The van der Waals surface area contributed by atoms with E-state index in [0.29, 0.717) is 12.8 Å². The van der Waals surface area contributed by atoms with Gasteiger partial charge in [0.25, 0.3) is 0 Å². The highest BCUT2D eigenvalue weighted by Gasteiger charge is 2.29. The summed E-state index contributed by atoms with van der Waals surface area (Å²) in [4.78, 5) is 84.7. The molecule has 0 aromatic heterocycles. The van der Waals surface area contributed by atoms with Crippen LogP contribution in [0.15, 0.2) is 0 Å². The molecule has 0 saturated carbocycles. The number of methoxy groups -OCH3 is 1. The van der Waals surface area contributed by atoms with Crippen LogP contribution in [0.25, 0.3) is 0 Å². The van der Waals surface area contributed by atoms with Crippen molar-refractivity contribution in [2.24, 2.45) is 0 Å². The molecule has 41 heavy (non-hydrogen) atoms. The summed E-state index contributed by atoms with van der Waals surface area (Å²) in [5, 5.41) is 9.60. The Morgan fingerprint density at radius 2 is 1.00 bits per heavy atom. The molecule has 0 bridgehead atoms. The van der Waals surface area contributed by atoms with E-state index in [9.17, 15) is 33.6 Å². The molecule has 0 aliphatic heterocycles. The van der Waals surface area contributed by atoms with Crippen molar-refractivity contribution in [1.82, 2.24) is 21.3 Å². The number of hydrogen-bond acceptors (Lipinski definition) is 12. The normalized spacial score (nSPS) is 12.4. The summed E-state index contributed by atoms with van der Waals surface area (Å²) in [6, 6.07) is -5.30. The Hall–Kier alpha value is -4.11. The smallest absolute Gasteiger partial charge is 0.329 e. The summed E-state index contributed by atoms with van der Waals surface area (Å²) in [6.07, 6.45) is -0.0479. The topological polar surface area (TPSA) is 214 Å². The Morgan fingerprint density at radius 3 is 1.44 bits per heavy atom. The largest absolute Gasteiger partial charge is 0.467 e. The Bertz CT molecular complexity index is 883. The third kappa shape index (κ3) is 16.6. The van der Waals surface area contributed by atoms with Gasteiger partial charge in [-0.15, -0.1) is 0 Å². The number of ether oxygens (including phenoxy) is 5. The highest BCUT2D eigenvalue weighted by atomic mass is 16.5. The van der Waals surface area contributed by atoms with Crippen molar-refractivity contribution in [3.05, 3.63) is 0 Å². The lowest BCUT2D eigenvalue weighted by Gasteiger charge is -2.20. The van der Waals surface area contributed by atoms with Crippen LogP contribution in [-0.4, -0.2) is 100 Å². The first-order chi connectivity index (χ1) is 19.5. The van der Waals surface area contributed by atoms with Gasteiger partial charge in [0, 0.05) is 6.54 Å². The molecule has 4 N–H and O–H groups in total. The van der Waals surface area contributed by atoms with Crippen molar-refractivity contribution in [2.75, 3.05) is 40.1 Å². The average molecular weight is 591 g/mol. The highest BCUT2D eigenvalue weighted by Crippen LogP contribution is 2.05. The molecule has 0 aliphatic rings. The van der Waals surface area contributed by atoms with Crippen molar-refractivity contribution in [3.63, 3.8) is 0 Å². The number of carbonyl (C=O) groups is 7. The van der Waals surface area contributed by atoms with Crippen LogP contribution in [0.5, 0.6) is 0 Å². The van der Waals surface area contributed by atoms with E-state index in [1.54, 1.807) is 27.7 Å². The number of esters is 5. The molecule has 0 heterocycles.